The highest BCUT2D eigenvalue weighted by molar-refractivity contribution is 7.17. The number of anilines is 1. The van der Waals surface area contributed by atoms with Crippen LogP contribution in [0.5, 0.6) is 0 Å². The summed E-state index contributed by atoms with van der Waals surface area (Å²) in [6.45, 7) is 4.35. The van der Waals surface area contributed by atoms with Crippen molar-refractivity contribution in [2.75, 3.05) is 32.1 Å². The summed E-state index contributed by atoms with van der Waals surface area (Å²) in [6.07, 6.45) is 3.15. The Bertz CT molecular complexity index is 424. The van der Waals surface area contributed by atoms with Gasteiger partial charge in [-0.1, -0.05) is 18.3 Å². The number of aromatic nitrogens is 2. The monoisotopic (exact) mass is 284 g/mol. The fourth-order valence-corrected chi connectivity index (χ4v) is 2.80. The zero-order valence-corrected chi connectivity index (χ0v) is 12.2. The van der Waals surface area contributed by atoms with Gasteiger partial charge in [0, 0.05) is 26.7 Å². The molecular weight excluding hydrogens is 264 g/mol. The van der Waals surface area contributed by atoms with E-state index in [1.165, 1.54) is 11.3 Å². The van der Waals surface area contributed by atoms with E-state index >= 15 is 0 Å². The highest BCUT2D eigenvalue weighted by atomic mass is 32.1. The highest BCUT2D eigenvalue weighted by Gasteiger charge is 2.26. The van der Waals surface area contributed by atoms with Gasteiger partial charge in [-0.15, -0.1) is 10.2 Å². The number of carbonyl (C=O) groups excluding carboxylic acids is 1. The summed E-state index contributed by atoms with van der Waals surface area (Å²) >= 11 is 1.32. The van der Waals surface area contributed by atoms with Crippen LogP contribution in [-0.2, 0) is 4.74 Å². The zero-order valence-electron chi connectivity index (χ0n) is 11.4. The predicted molar refractivity (Wildman–Crippen MR) is 74.6 cm³/mol. The molecule has 2 rings (SSSR count). The summed E-state index contributed by atoms with van der Waals surface area (Å²) in [7, 11) is 1.69. The summed E-state index contributed by atoms with van der Waals surface area (Å²) in [5.41, 5.74) is 0. The maximum absolute atomic E-state index is 12.3. The molecule has 0 spiro atoms. The number of ether oxygens (including phenoxy) is 1. The molecule has 1 aromatic rings. The van der Waals surface area contributed by atoms with Crippen molar-refractivity contribution in [3.8, 4) is 0 Å². The quantitative estimate of drug-likeness (QED) is 0.889. The Balaban J connectivity index is 1.96. The molecule has 1 unspecified atom stereocenters. The molecule has 1 atom stereocenters. The third-order valence-electron chi connectivity index (χ3n) is 3.13. The van der Waals surface area contributed by atoms with Crippen molar-refractivity contribution in [2.24, 2.45) is 0 Å². The first kappa shape index (κ1) is 14.2. The molecule has 0 bridgehead atoms. The van der Waals surface area contributed by atoms with Gasteiger partial charge in [-0.05, 0) is 19.3 Å². The van der Waals surface area contributed by atoms with E-state index in [1.54, 1.807) is 7.11 Å². The van der Waals surface area contributed by atoms with Gasteiger partial charge in [-0.25, -0.2) is 0 Å². The number of nitrogens with one attached hydrogen (secondary N) is 1. The first-order chi connectivity index (χ1) is 9.24. The summed E-state index contributed by atoms with van der Waals surface area (Å²) in [6, 6.07) is 0. The average molecular weight is 284 g/mol. The number of likely N-dealkylation sites (tertiary alicyclic amines) is 1. The second kappa shape index (κ2) is 6.81. The average Bonchev–Trinajstić information content (AvgIpc) is 2.93. The second-order valence-electron chi connectivity index (χ2n) is 4.59. The number of carbonyl (C=O) groups is 1. The van der Waals surface area contributed by atoms with Crippen molar-refractivity contribution in [2.45, 2.75) is 32.3 Å². The molecule has 7 heteroatoms. The smallest absolute Gasteiger partial charge is 0.284 e. The zero-order chi connectivity index (χ0) is 13.7. The largest absolute Gasteiger partial charge is 0.380 e. The summed E-state index contributed by atoms with van der Waals surface area (Å²) in [5, 5.41) is 12.3. The lowest BCUT2D eigenvalue weighted by atomic mass is 10.1. The van der Waals surface area contributed by atoms with Crippen LogP contribution in [0.15, 0.2) is 0 Å². The minimum Gasteiger partial charge on any atom is -0.380 e. The number of methoxy groups -OCH3 is 1. The van der Waals surface area contributed by atoms with Crippen molar-refractivity contribution in [1.82, 2.24) is 15.1 Å². The maximum atomic E-state index is 12.3. The van der Waals surface area contributed by atoms with Gasteiger partial charge in [0.2, 0.25) is 10.1 Å². The van der Waals surface area contributed by atoms with E-state index in [4.69, 9.17) is 4.74 Å². The van der Waals surface area contributed by atoms with Gasteiger partial charge in [-0.2, -0.15) is 0 Å². The molecule has 0 aliphatic carbocycles. The Morgan fingerprint density at radius 2 is 2.42 bits per heavy atom. The summed E-state index contributed by atoms with van der Waals surface area (Å²) in [4.78, 5) is 14.1. The Morgan fingerprint density at radius 1 is 1.58 bits per heavy atom. The van der Waals surface area contributed by atoms with Crippen molar-refractivity contribution in [1.29, 1.82) is 0 Å². The maximum Gasteiger partial charge on any atom is 0.284 e. The number of piperidine rings is 1. The molecule has 0 saturated carbocycles. The number of rotatable bonds is 5. The second-order valence-corrected chi connectivity index (χ2v) is 5.57. The van der Waals surface area contributed by atoms with Gasteiger partial charge in [0.05, 0.1) is 6.10 Å². The lowest BCUT2D eigenvalue weighted by Crippen LogP contribution is -2.42. The molecule has 2 heterocycles. The molecule has 19 heavy (non-hydrogen) atoms. The summed E-state index contributed by atoms with van der Waals surface area (Å²) in [5.74, 6) is -0.0381. The van der Waals surface area contributed by atoms with Crippen molar-refractivity contribution in [3.63, 3.8) is 0 Å². The summed E-state index contributed by atoms with van der Waals surface area (Å²) < 4.78 is 5.33. The van der Waals surface area contributed by atoms with Gasteiger partial charge < -0.3 is 15.0 Å². The molecule has 1 aliphatic heterocycles. The Hall–Kier alpha value is -1.21. The van der Waals surface area contributed by atoms with Crippen molar-refractivity contribution >= 4 is 22.4 Å². The number of hydrogen-bond donors (Lipinski definition) is 1. The van der Waals surface area contributed by atoms with E-state index in [0.29, 0.717) is 16.7 Å². The lowest BCUT2D eigenvalue weighted by molar-refractivity contribution is 0.0268. The normalized spacial score (nSPS) is 19.5. The third kappa shape index (κ3) is 3.63. The molecule has 1 fully saturated rings. The van der Waals surface area contributed by atoms with Crippen LogP contribution in [0.25, 0.3) is 0 Å². The van der Waals surface area contributed by atoms with Crippen LogP contribution in [0.1, 0.15) is 36.0 Å². The van der Waals surface area contributed by atoms with Crippen LogP contribution in [0.2, 0.25) is 0 Å². The molecule has 1 amide bonds. The molecule has 1 aromatic heterocycles. The molecule has 1 aliphatic rings. The van der Waals surface area contributed by atoms with Gasteiger partial charge in [0.1, 0.15) is 0 Å². The minimum atomic E-state index is -0.0381. The molecule has 1 saturated heterocycles. The fraction of sp³-hybridized carbons (Fsp3) is 0.750. The van der Waals surface area contributed by atoms with Gasteiger partial charge in [0.25, 0.3) is 5.91 Å². The minimum absolute atomic E-state index is 0.0381. The number of hydrogen-bond acceptors (Lipinski definition) is 6. The van der Waals surface area contributed by atoms with E-state index < -0.39 is 0 Å². The van der Waals surface area contributed by atoms with E-state index in [9.17, 15) is 4.79 Å². The third-order valence-corrected chi connectivity index (χ3v) is 4.00. The first-order valence-electron chi connectivity index (χ1n) is 6.64. The predicted octanol–water partition coefficient (Wildman–Crippen LogP) is 1.61. The van der Waals surface area contributed by atoms with Gasteiger partial charge >= 0.3 is 0 Å². The standard InChI is InChI=1S/C12H20N4O2S/c1-3-6-13-12-15-14-10(19-12)11(17)16-7-4-5-9(8-16)18-2/h9H,3-8H2,1-2H3,(H,13,15). The Kier molecular flexibility index (Phi) is 5.09. The van der Waals surface area contributed by atoms with Crippen LogP contribution in [0.4, 0.5) is 5.13 Å². The highest BCUT2D eigenvalue weighted by Crippen LogP contribution is 2.20. The SMILES string of the molecule is CCCNc1nnc(C(=O)N2CCCC(OC)C2)s1. The van der Waals surface area contributed by atoms with Crippen LogP contribution in [0, 0.1) is 0 Å². The van der Waals surface area contributed by atoms with Crippen LogP contribution < -0.4 is 5.32 Å². The van der Waals surface area contributed by atoms with Crippen molar-refractivity contribution in [3.05, 3.63) is 5.01 Å². The topological polar surface area (TPSA) is 67.4 Å². The van der Waals surface area contributed by atoms with E-state index in [-0.39, 0.29) is 12.0 Å². The van der Waals surface area contributed by atoms with E-state index in [2.05, 4.69) is 22.4 Å². The van der Waals surface area contributed by atoms with Crippen LogP contribution in [-0.4, -0.2) is 53.9 Å². The number of nitrogens with zero attached hydrogens (tertiary/aromatic N) is 3. The molecule has 106 valence electrons. The molecule has 0 aromatic carbocycles. The number of amides is 1. The van der Waals surface area contributed by atoms with E-state index in [1.807, 2.05) is 4.90 Å². The molecule has 6 nitrogen and oxygen atoms in total. The first-order valence-corrected chi connectivity index (χ1v) is 7.45. The van der Waals surface area contributed by atoms with Crippen molar-refractivity contribution < 1.29 is 9.53 Å². The molecular formula is C12H20N4O2S. The van der Waals surface area contributed by atoms with Gasteiger partial charge in [0.15, 0.2) is 0 Å². The Labute approximate surface area is 117 Å². The fourth-order valence-electron chi connectivity index (χ4n) is 2.06. The lowest BCUT2D eigenvalue weighted by Gasteiger charge is -2.31. The van der Waals surface area contributed by atoms with Crippen LogP contribution in [0.3, 0.4) is 0 Å². The Morgan fingerprint density at radius 3 is 3.16 bits per heavy atom. The van der Waals surface area contributed by atoms with Gasteiger partial charge in [-0.3, -0.25) is 4.79 Å². The van der Waals surface area contributed by atoms with Crippen LogP contribution >= 0.6 is 11.3 Å². The molecule has 0 radical (unpaired) electrons. The molecule has 1 N–H and O–H groups in total. The van der Waals surface area contributed by atoms with E-state index in [0.717, 1.165) is 32.4 Å².